The minimum absolute atomic E-state index is 0.0775. The van der Waals surface area contributed by atoms with Gasteiger partial charge in [0, 0.05) is 5.54 Å². The third-order valence-corrected chi connectivity index (χ3v) is 2.86. The molecule has 0 rings (SSSR count). The molecule has 0 fully saturated rings. The van der Waals surface area contributed by atoms with Crippen LogP contribution in [-0.4, -0.2) is 41.8 Å². The van der Waals surface area contributed by atoms with Crippen molar-refractivity contribution in [3.8, 4) is 0 Å². The summed E-state index contributed by atoms with van der Waals surface area (Å²) in [5.74, 6) is 0. The predicted molar refractivity (Wildman–Crippen MR) is 65.9 cm³/mol. The normalized spacial score (nSPS) is 15.6. The maximum absolute atomic E-state index is 9.02. The molecule has 1 unspecified atom stereocenters. The Kier molecular flexibility index (Phi) is 8.02. The monoisotopic (exact) mass is 216 g/mol. The van der Waals surface area contributed by atoms with Crippen LogP contribution in [0.2, 0.25) is 0 Å². The highest BCUT2D eigenvalue weighted by atomic mass is 16.3. The van der Waals surface area contributed by atoms with Crippen molar-refractivity contribution in [1.29, 1.82) is 0 Å². The summed E-state index contributed by atoms with van der Waals surface area (Å²) in [4.78, 5) is 2.46. The second-order valence-corrected chi connectivity index (χ2v) is 4.70. The van der Waals surface area contributed by atoms with E-state index in [2.05, 4.69) is 18.7 Å². The van der Waals surface area contributed by atoms with Crippen LogP contribution in [0.1, 0.15) is 46.5 Å². The van der Waals surface area contributed by atoms with Crippen molar-refractivity contribution >= 4 is 0 Å². The molecule has 3 N–H and O–H groups in total. The van der Waals surface area contributed by atoms with Gasteiger partial charge >= 0.3 is 0 Å². The third-order valence-electron chi connectivity index (χ3n) is 2.86. The smallest absolute Gasteiger partial charge is 0.0608 e. The van der Waals surface area contributed by atoms with Crippen LogP contribution >= 0.6 is 0 Å². The van der Waals surface area contributed by atoms with Crippen molar-refractivity contribution in [3.63, 3.8) is 0 Å². The van der Waals surface area contributed by atoms with Gasteiger partial charge in [-0.1, -0.05) is 20.3 Å². The highest BCUT2D eigenvalue weighted by Gasteiger charge is 2.16. The Hall–Kier alpha value is -0.120. The quantitative estimate of drug-likeness (QED) is 0.615. The number of aliphatic hydroxyl groups is 1. The highest BCUT2D eigenvalue weighted by molar-refractivity contribution is 4.77. The van der Waals surface area contributed by atoms with Gasteiger partial charge in [-0.2, -0.15) is 0 Å². The molecule has 0 heterocycles. The second kappa shape index (κ2) is 8.08. The molecule has 0 radical (unpaired) electrons. The van der Waals surface area contributed by atoms with Crippen LogP contribution in [0.3, 0.4) is 0 Å². The number of nitrogens with two attached hydrogens (primary N) is 1. The molecule has 1 atom stereocenters. The van der Waals surface area contributed by atoms with E-state index in [1.807, 2.05) is 6.92 Å². The first kappa shape index (κ1) is 14.9. The van der Waals surface area contributed by atoms with Crippen LogP contribution in [0.15, 0.2) is 0 Å². The molecular weight excluding hydrogens is 188 g/mol. The van der Waals surface area contributed by atoms with Gasteiger partial charge in [0.25, 0.3) is 0 Å². The van der Waals surface area contributed by atoms with Crippen molar-refractivity contribution < 1.29 is 5.11 Å². The van der Waals surface area contributed by atoms with Gasteiger partial charge in [-0.3, -0.25) is 0 Å². The van der Waals surface area contributed by atoms with Crippen LogP contribution in [0.5, 0.6) is 0 Å². The fraction of sp³-hybridized carbons (Fsp3) is 1.00. The fourth-order valence-electron chi connectivity index (χ4n) is 1.60. The Morgan fingerprint density at radius 3 is 2.27 bits per heavy atom. The van der Waals surface area contributed by atoms with Gasteiger partial charge < -0.3 is 15.7 Å². The molecule has 0 aliphatic rings. The minimum Gasteiger partial charge on any atom is -0.394 e. The molecular formula is C12H28N2O. The molecule has 0 spiro atoms. The maximum Gasteiger partial charge on any atom is 0.0608 e. The molecule has 0 aromatic carbocycles. The van der Waals surface area contributed by atoms with Crippen molar-refractivity contribution in [2.45, 2.75) is 52.0 Å². The first-order chi connectivity index (χ1) is 7.05. The van der Waals surface area contributed by atoms with E-state index < -0.39 is 5.54 Å². The molecule has 0 aromatic heterocycles. The number of hydrogen-bond donors (Lipinski definition) is 2. The van der Waals surface area contributed by atoms with E-state index in [9.17, 15) is 0 Å². The lowest BCUT2D eigenvalue weighted by molar-refractivity contribution is 0.188. The van der Waals surface area contributed by atoms with Gasteiger partial charge in [0.15, 0.2) is 0 Å². The van der Waals surface area contributed by atoms with Crippen molar-refractivity contribution in [1.82, 2.24) is 4.90 Å². The van der Waals surface area contributed by atoms with Gasteiger partial charge in [0.1, 0.15) is 0 Å². The Morgan fingerprint density at radius 1 is 1.20 bits per heavy atom. The summed E-state index contributed by atoms with van der Waals surface area (Å²) >= 11 is 0. The van der Waals surface area contributed by atoms with E-state index >= 15 is 0 Å². The first-order valence-corrected chi connectivity index (χ1v) is 6.17. The number of rotatable bonds is 9. The van der Waals surface area contributed by atoms with Crippen LogP contribution in [0, 0.1) is 0 Å². The Morgan fingerprint density at radius 2 is 1.80 bits per heavy atom. The Bertz CT molecular complexity index is 149. The maximum atomic E-state index is 9.02. The lowest BCUT2D eigenvalue weighted by Gasteiger charge is -2.25. The van der Waals surface area contributed by atoms with Crippen molar-refractivity contribution in [3.05, 3.63) is 0 Å². The molecule has 0 aliphatic carbocycles. The number of aliphatic hydroxyl groups excluding tert-OH is 1. The fourth-order valence-corrected chi connectivity index (χ4v) is 1.60. The second-order valence-electron chi connectivity index (χ2n) is 4.70. The zero-order valence-corrected chi connectivity index (χ0v) is 10.6. The Balaban J connectivity index is 3.62. The van der Waals surface area contributed by atoms with E-state index in [1.165, 1.54) is 19.4 Å². The van der Waals surface area contributed by atoms with E-state index in [-0.39, 0.29) is 6.61 Å². The minimum atomic E-state index is -0.399. The van der Waals surface area contributed by atoms with Crippen LogP contribution in [0.25, 0.3) is 0 Å². The summed E-state index contributed by atoms with van der Waals surface area (Å²) in [5.41, 5.74) is 5.48. The number of hydrogen-bond acceptors (Lipinski definition) is 3. The van der Waals surface area contributed by atoms with E-state index in [4.69, 9.17) is 10.8 Å². The molecule has 3 nitrogen and oxygen atoms in total. The summed E-state index contributed by atoms with van der Waals surface area (Å²) in [6, 6.07) is 0. The van der Waals surface area contributed by atoms with Crippen LogP contribution in [-0.2, 0) is 0 Å². The van der Waals surface area contributed by atoms with Crippen molar-refractivity contribution in [2.75, 3.05) is 26.2 Å². The SMILES string of the molecule is CCCCN(CC)CCCC(C)(N)CO. The van der Waals surface area contributed by atoms with Crippen molar-refractivity contribution in [2.24, 2.45) is 5.73 Å². The number of unbranched alkanes of at least 4 members (excludes halogenated alkanes) is 1. The summed E-state index contributed by atoms with van der Waals surface area (Å²) in [5, 5.41) is 9.02. The standard InChI is InChI=1S/C12H28N2O/c1-4-6-9-14(5-2)10-7-8-12(3,13)11-15/h15H,4-11,13H2,1-3H3. The van der Waals surface area contributed by atoms with Gasteiger partial charge in [0.05, 0.1) is 6.61 Å². The van der Waals surface area contributed by atoms with E-state index in [1.54, 1.807) is 0 Å². The molecule has 0 bridgehead atoms. The largest absolute Gasteiger partial charge is 0.394 e. The molecule has 15 heavy (non-hydrogen) atoms. The van der Waals surface area contributed by atoms with Crippen LogP contribution < -0.4 is 5.73 Å². The highest BCUT2D eigenvalue weighted by Crippen LogP contribution is 2.08. The van der Waals surface area contributed by atoms with Gasteiger partial charge in [-0.05, 0) is 45.8 Å². The molecule has 0 amide bonds. The topological polar surface area (TPSA) is 49.5 Å². The first-order valence-electron chi connectivity index (χ1n) is 6.17. The summed E-state index contributed by atoms with van der Waals surface area (Å²) < 4.78 is 0. The van der Waals surface area contributed by atoms with Gasteiger partial charge in [0.2, 0.25) is 0 Å². The van der Waals surface area contributed by atoms with Gasteiger partial charge in [-0.15, -0.1) is 0 Å². The van der Waals surface area contributed by atoms with E-state index in [0.29, 0.717) is 0 Å². The molecule has 0 saturated carbocycles. The van der Waals surface area contributed by atoms with E-state index in [0.717, 1.165) is 25.9 Å². The zero-order valence-electron chi connectivity index (χ0n) is 10.6. The Labute approximate surface area is 94.6 Å². The lowest BCUT2D eigenvalue weighted by Crippen LogP contribution is -2.41. The average molecular weight is 216 g/mol. The molecule has 0 aliphatic heterocycles. The third kappa shape index (κ3) is 7.77. The summed E-state index contributed by atoms with van der Waals surface area (Å²) in [6.45, 7) is 9.81. The van der Waals surface area contributed by atoms with Crippen LogP contribution in [0.4, 0.5) is 0 Å². The number of nitrogens with zero attached hydrogens (tertiary/aromatic N) is 1. The average Bonchev–Trinajstić information content (AvgIpc) is 2.23. The molecule has 0 aromatic rings. The predicted octanol–water partition coefficient (Wildman–Crippen LogP) is 1.60. The summed E-state index contributed by atoms with van der Waals surface area (Å²) in [6.07, 6.45) is 4.49. The molecule has 0 saturated heterocycles. The lowest BCUT2D eigenvalue weighted by atomic mass is 9.98. The van der Waals surface area contributed by atoms with Gasteiger partial charge in [-0.25, -0.2) is 0 Å². The zero-order chi connectivity index (χ0) is 11.7. The molecule has 3 heteroatoms. The summed E-state index contributed by atoms with van der Waals surface area (Å²) in [7, 11) is 0. The molecule has 92 valence electrons.